The molecule has 2 heterocycles. The summed E-state index contributed by atoms with van der Waals surface area (Å²) < 4.78 is 0. The van der Waals surface area contributed by atoms with E-state index in [1.54, 1.807) is 0 Å². The second-order valence-electron chi connectivity index (χ2n) is 6.07. The Hall–Kier alpha value is -2.85. The van der Waals surface area contributed by atoms with Gasteiger partial charge in [0.1, 0.15) is 6.04 Å². The van der Waals surface area contributed by atoms with Gasteiger partial charge in [0.2, 0.25) is 0 Å². The van der Waals surface area contributed by atoms with Crippen molar-refractivity contribution in [1.29, 1.82) is 0 Å². The monoisotopic (exact) mass is 318 g/mol. The van der Waals surface area contributed by atoms with Gasteiger partial charge in [0.15, 0.2) is 0 Å². The van der Waals surface area contributed by atoms with Gasteiger partial charge in [0.25, 0.3) is 0 Å². The van der Waals surface area contributed by atoms with Crippen LogP contribution in [0.15, 0.2) is 60.7 Å². The van der Waals surface area contributed by atoms with Gasteiger partial charge in [-0.25, -0.2) is 0 Å². The van der Waals surface area contributed by atoms with Crippen LogP contribution in [0.25, 0.3) is 17.0 Å². The highest BCUT2D eigenvalue weighted by Gasteiger charge is 2.31. The van der Waals surface area contributed by atoms with Gasteiger partial charge in [-0.15, -0.1) is 0 Å². The molecule has 0 fully saturated rings. The standard InChI is InChI=1S/C20H18N2O2/c23-20(24)18-12-15-14-8-4-5-9-16(14)22-19(15)17(21-18)11-10-13-6-2-1-3-7-13/h1-11,17-18,21-22H,12H2,(H,23,24)/b11-10+/t17-,18-/m1/s1. The topological polar surface area (TPSA) is 65.1 Å². The van der Waals surface area contributed by atoms with Crippen molar-refractivity contribution >= 4 is 22.9 Å². The number of carbonyl (C=O) groups is 1. The maximum atomic E-state index is 11.5. The maximum Gasteiger partial charge on any atom is 0.321 e. The molecule has 0 radical (unpaired) electrons. The lowest BCUT2D eigenvalue weighted by atomic mass is 9.93. The number of fused-ring (bicyclic) bond motifs is 3. The van der Waals surface area contributed by atoms with Crippen LogP contribution < -0.4 is 5.32 Å². The summed E-state index contributed by atoms with van der Waals surface area (Å²) in [6.45, 7) is 0. The number of rotatable bonds is 3. The number of H-pyrrole nitrogens is 1. The van der Waals surface area contributed by atoms with E-state index in [0.717, 1.165) is 27.7 Å². The Labute approximate surface area is 139 Å². The van der Waals surface area contributed by atoms with Crippen molar-refractivity contribution in [1.82, 2.24) is 10.3 Å². The molecule has 0 saturated carbocycles. The second-order valence-corrected chi connectivity index (χ2v) is 6.07. The van der Waals surface area contributed by atoms with Crippen molar-refractivity contribution in [3.8, 4) is 0 Å². The summed E-state index contributed by atoms with van der Waals surface area (Å²) in [6.07, 6.45) is 4.54. The van der Waals surface area contributed by atoms with Crippen molar-refractivity contribution in [2.45, 2.75) is 18.5 Å². The average molecular weight is 318 g/mol. The molecule has 120 valence electrons. The second kappa shape index (κ2) is 5.98. The molecule has 2 aromatic carbocycles. The lowest BCUT2D eigenvalue weighted by Crippen LogP contribution is -2.44. The van der Waals surface area contributed by atoms with E-state index in [4.69, 9.17) is 0 Å². The van der Waals surface area contributed by atoms with Crippen molar-refractivity contribution in [3.05, 3.63) is 77.5 Å². The lowest BCUT2D eigenvalue weighted by molar-refractivity contribution is -0.139. The number of nitrogens with one attached hydrogen (secondary N) is 2. The molecule has 0 unspecified atom stereocenters. The average Bonchev–Trinajstić information content (AvgIpc) is 2.99. The van der Waals surface area contributed by atoms with Crippen LogP contribution in [0.2, 0.25) is 0 Å². The summed E-state index contributed by atoms with van der Waals surface area (Å²) in [6, 6.07) is 17.3. The largest absolute Gasteiger partial charge is 0.480 e. The number of hydrogen-bond donors (Lipinski definition) is 3. The van der Waals surface area contributed by atoms with E-state index in [-0.39, 0.29) is 6.04 Å². The van der Waals surface area contributed by atoms with Crippen LogP contribution in [0.1, 0.15) is 22.9 Å². The molecule has 1 aliphatic rings. The molecule has 1 aliphatic heterocycles. The predicted octanol–water partition coefficient (Wildman–Crippen LogP) is 3.52. The summed E-state index contributed by atoms with van der Waals surface area (Å²) >= 11 is 0. The van der Waals surface area contributed by atoms with Crippen LogP contribution >= 0.6 is 0 Å². The van der Waals surface area contributed by atoms with E-state index in [1.807, 2.05) is 66.7 Å². The molecule has 24 heavy (non-hydrogen) atoms. The zero-order valence-electron chi connectivity index (χ0n) is 13.1. The molecule has 4 nitrogen and oxygen atoms in total. The Morgan fingerprint density at radius 2 is 1.83 bits per heavy atom. The molecular formula is C20H18N2O2. The van der Waals surface area contributed by atoms with Crippen LogP contribution in [0, 0.1) is 0 Å². The van der Waals surface area contributed by atoms with Crippen molar-refractivity contribution < 1.29 is 9.90 Å². The molecule has 0 spiro atoms. The number of carboxylic acid groups (broad SMARTS) is 1. The third kappa shape index (κ3) is 2.61. The molecule has 2 atom stereocenters. The van der Waals surface area contributed by atoms with Gasteiger partial charge < -0.3 is 10.1 Å². The van der Waals surface area contributed by atoms with Gasteiger partial charge in [-0.3, -0.25) is 10.1 Å². The minimum Gasteiger partial charge on any atom is -0.480 e. The van der Waals surface area contributed by atoms with Crippen LogP contribution in [-0.4, -0.2) is 22.1 Å². The Kier molecular flexibility index (Phi) is 3.67. The van der Waals surface area contributed by atoms with Crippen LogP contribution in [0.4, 0.5) is 0 Å². The molecule has 0 aliphatic carbocycles. The zero-order valence-corrected chi connectivity index (χ0v) is 13.1. The van der Waals surface area contributed by atoms with Crippen molar-refractivity contribution in [2.75, 3.05) is 0 Å². The van der Waals surface area contributed by atoms with E-state index in [0.29, 0.717) is 6.42 Å². The summed E-state index contributed by atoms with van der Waals surface area (Å²) in [5.41, 5.74) is 4.29. The van der Waals surface area contributed by atoms with Gasteiger partial charge in [0.05, 0.1) is 6.04 Å². The van der Waals surface area contributed by atoms with E-state index in [9.17, 15) is 9.90 Å². The summed E-state index contributed by atoms with van der Waals surface area (Å²) in [5, 5.41) is 13.8. The Morgan fingerprint density at radius 1 is 1.08 bits per heavy atom. The van der Waals surface area contributed by atoms with E-state index < -0.39 is 12.0 Å². The number of aliphatic carboxylic acids is 1. The highest BCUT2D eigenvalue weighted by Crippen LogP contribution is 2.32. The molecule has 0 bridgehead atoms. The Morgan fingerprint density at radius 3 is 2.62 bits per heavy atom. The third-order valence-electron chi connectivity index (χ3n) is 4.53. The molecule has 0 amide bonds. The van der Waals surface area contributed by atoms with Crippen LogP contribution in [0.5, 0.6) is 0 Å². The maximum absolute atomic E-state index is 11.5. The quantitative estimate of drug-likeness (QED) is 0.692. The number of aromatic nitrogens is 1. The first-order valence-corrected chi connectivity index (χ1v) is 8.04. The first-order chi connectivity index (χ1) is 11.7. The molecule has 1 aromatic heterocycles. The number of benzene rings is 2. The normalized spacial score (nSPS) is 20.3. The van der Waals surface area contributed by atoms with Crippen molar-refractivity contribution in [3.63, 3.8) is 0 Å². The fourth-order valence-corrected chi connectivity index (χ4v) is 3.35. The summed E-state index contributed by atoms with van der Waals surface area (Å²) in [5.74, 6) is -0.816. The fourth-order valence-electron chi connectivity index (χ4n) is 3.35. The molecule has 4 heteroatoms. The Bertz CT molecular complexity index is 912. The van der Waals surface area contributed by atoms with Gasteiger partial charge in [-0.2, -0.15) is 0 Å². The van der Waals surface area contributed by atoms with Gasteiger partial charge in [-0.1, -0.05) is 60.7 Å². The minimum atomic E-state index is -0.816. The van der Waals surface area contributed by atoms with Gasteiger partial charge in [0, 0.05) is 23.0 Å². The molecule has 3 N–H and O–H groups in total. The molecule has 3 aromatic rings. The number of carboxylic acids is 1. The molecule has 4 rings (SSSR count). The minimum absolute atomic E-state index is 0.151. The number of aromatic amines is 1. The molecule has 0 saturated heterocycles. The summed E-state index contributed by atoms with van der Waals surface area (Å²) in [7, 11) is 0. The van der Waals surface area contributed by atoms with E-state index in [2.05, 4.69) is 10.3 Å². The highest BCUT2D eigenvalue weighted by atomic mass is 16.4. The predicted molar refractivity (Wildman–Crippen MR) is 94.8 cm³/mol. The van der Waals surface area contributed by atoms with Crippen LogP contribution in [-0.2, 0) is 11.2 Å². The lowest BCUT2D eigenvalue weighted by Gasteiger charge is -2.27. The highest BCUT2D eigenvalue weighted by molar-refractivity contribution is 5.87. The van der Waals surface area contributed by atoms with Crippen LogP contribution in [0.3, 0.4) is 0 Å². The SMILES string of the molecule is O=C(O)[C@H]1Cc2c([nH]c3ccccc23)[C@@H](/C=C/c2ccccc2)N1. The summed E-state index contributed by atoms with van der Waals surface area (Å²) in [4.78, 5) is 15.0. The van der Waals surface area contributed by atoms with E-state index >= 15 is 0 Å². The van der Waals surface area contributed by atoms with Gasteiger partial charge in [-0.05, 0) is 17.2 Å². The van der Waals surface area contributed by atoms with E-state index in [1.165, 1.54) is 0 Å². The third-order valence-corrected chi connectivity index (χ3v) is 4.53. The van der Waals surface area contributed by atoms with Gasteiger partial charge >= 0.3 is 5.97 Å². The van der Waals surface area contributed by atoms with Crippen molar-refractivity contribution in [2.24, 2.45) is 0 Å². The zero-order chi connectivity index (χ0) is 16.5. The Balaban J connectivity index is 1.76. The number of para-hydroxylation sites is 1. The first kappa shape index (κ1) is 14.7. The first-order valence-electron chi connectivity index (χ1n) is 8.04. The fraction of sp³-hybridized carbons (Fsp3) is 0.150. The molecular weight excluding hydrogens is 300 g/mol. The smallest absolute Gasteiger partial charge is 0.321 e. The number of hydrogen-bond acceptors (Lipinski definition) is 2.